The average Bonchev–Trinajstić information content (AvgIpc) is 2.62. The Morgan fingerprint density at radius 3 is 2.25 bits per heavy atom. The Labute approximate surface area is 118 Å². The van der Waals surface area contributed by atoms with Gasteiger partial charge in [-0.05, 0) is 25.7 Å². The first-order valence-corrected chi connectivity index (χ1v) is 8.58. The summed E-state index contributed by atoms with van der Waals surface area (Å²) in [6, 6.07) is -0.748. The number of amides is 2. The van der Waals surface area contributed by atoms with Crippen LogP contribution < -0.4 is 0 Å². The second kappa shape index (κ2) is 5.59. The maximum atomic E-state index is 12.4. The number of hydrogen-bond donors (Lipinski definition) is 1. The first-order valence-electron chi connectivity index (χ1n) is 6.76. The van der Waals surface area contributed by atoms with Gasteiger partial charge in [0.05, 0.1) is 11.5 Å². The molecule has 20 heavy (non-hydrogen) atoms. The SMILES string of the molecule is CN(C(=O)N(CC(=O)O)C1CCS(=O)(=O)C1)C1CCC1. The molecule has 0 aromatic rings. The van der Waals surface area contributed by atoms with Crippen LogP contribution >= 0.6 is 0 Å². The lowest BCUT2D eigenvalue weighted by Crippen LogP contribution is -2.53. The van der Waals surface area contributed by atoms with Gasteiger partial charge in [-0.25, -0.2) is 13.2 Å². The zero-order chi connectivity index (χ0) is 14.9. The van der Waals surface area contributed by atoms with Gasteiger partial charge in [-0.15, -0.1) is 0 Å². The van der Waals surface area contributed by atoms with Crippen molar-refractivity contribution in [3.63, 3.8) is 0 Å². The van der Waals surface area contributed by atoms with Crippen LogP contribution in [0.25, 0.3) is 0 Å². The predicted octanol–water partition coefficient (Wildman–Crippen LogP) is 0.164. The average molecular weight is 304 g/mol. The van der Waals surface area contributed by atoms with Crippen molar-refractivity contribution in [1.29, 1.82) is 0 Å². The van der Waals surface area contributed by atoms with Crippen molar-refractivity contribution in [3.8, 4) is 0 Å². The lowest BCUT2D eigenvalue weighted by Gasteiger charge is -2.39. The van der Waals surface area contributed by atoms with Crippen molar-refractivity contribution in [2.75, 3.05) is 25.1 Å². The van der Waals surface area contributed by atoms with Gasteiger partial charge >= 0.3 is 12.0 Å². The van der Waals surface area contributed by atoms with Crippen LogP contribution in [0.1, 0.15) is 25.7 Å². The van der Waals surface area contributed by atoms with E-state index in [2.05, 4.69) is 0 Å². The number of carboxylic acids is 1. The zero-order valence-electron chi connectivity index (χ0n) is 11.5. The van der Waals surface area contributed by atoms with E-state index in [0.29, 0.717) is 6.42 Å². The van der Waals surface area contributed by atoms with E-state index in [1.165, 1.54) is 4.90 Å². The van der Waals surface area contributed by atoms with Gasteiger partial charge in [-0.2, -0.15) is 0 Å². The molecule has 1 aliphatic heterocycles. The van der Waals surface area contributed by atoms with Crippen LogP contribution in [-0.2, 0) is 14.6 Å². The van der Waals surface area contributed by atoms with Crippen molar-refractivity contribution in [2.24, 2.45) is 0 Å². The summed E-state index contributed by atoms with van der Waals surface area (Å²) in [7, 11) is -1.50. The van der Waals surface area contributed by atoms with Gasteiger partial charge in [0.1, 0.15) is 6.54 Å². The highest BCUT2D eigenvalue weighted by Gasteiger charge is 2.38. The number of hydrogen-bond acceptors (Lipinski definition) is 4. The zero-order valence-corrected chi connectivity index (χ0v) is 12.3. The molecule has 0 radical (unpaired) electrons. The number of aliphatic carboxylic acids is 1. The van der Waals surface area contributed by atoms with E-state index in [4.69, 9.17) is 5.11 Å². The monoisotopic (exact) mass is 304 g/mol. The second-order valence-electron chi connectivity index (χ2n) is 5.56. The summed E-state index contributed by atoms with van der Waals surface area (Å²) >= 11 is 0. The van der Waals surface area contributed by atoms with Crippen LogP contribution in [0.15, 0.2) is 0 Å². The number of carboxylic acid groups (broad SMARTS) is 1. The lowest BCUT2D eigenvalue weighted by atomic mass is 9.92. The molecule has 2 aliphatic rings. The number of carbonyl (C=O) groups excluding carboxylic acids is 1. The third kappa shape index (κ3) is 3.23. The van der Waals surface area contributed by atoms with E-state index in [1.807, 2.05) is 0 Å². The molecule has 1 aliphatic carbocycles. The summed E-state index contributed by atoms with van der Waals surface area (Å²) < 4.78 is 23.1. The van der Waals surface area contributed by atoms with E-state index in [-0.39, 0.29) is 23.6 Å². The molecule has 0 bridgehead atoms. The fraction of sp³-hybridized carbons (Fsp3) is 0.833. The standard InChI is InChI=1S/C12H20N2O5S/c1-13(9-3-2-4-9)12(17)14(7-11(15)16)10-5-6-20(18,19)8-10/h9-10H,2-8H2,1H3,(H,15,16). The van der Waals surface area contributed by atoms with Crippen LogP contribution in [0.5, 0.6) is 0 Å². The number of rotatable bonds is 4. The minimum atomic E-state index is -3.15. The fourth-order valence-electron chi connectivity index (χ4n) is 2.65. The molecule has 7 nitrogen and oxygen atoms in total. The summed E-state index contributed by atoms with van der Waals surface area (Å²) in [6.07, 6.45) is 3.23. The molecule has 1 saturated carbocycles. The Bertz CT molecular complexity index is 500. The molecule has 1 saturated heterocycles. The van der Waals surface area contributed by atoms with Crippen LogP contribution in [0.4, 0.5) is 4.79 Å². The lowest BCUT2D eigenvalue weighted by molar-refractivity contribution is -0.138. The molecule has 1 heterocycles. The van der Waals surface area contributed by atoms with Crippen LogP contribution in [0, 0.1) is 0 Å². The normalized spacial score (nSPS) is 24.9. The Hall–Kier alpha value is -1.31. The number of nitrogens with zero attached hydrogens (tertiary/aromatic N) is 2. The van der Waals surface area contributed by atoms with Gasteiger partial charge in [0.2, 0.25) is 0 Å². The minimum Gasteiger partial charge on any atom is -0.480 e. The highest BCUT2D eigenvalue weighted by Crippen LogP contribution is 2.26. The molecule has 114 valence electrons. The second-order valence-corrected chi connectivity index (χ2v) is 7.79. The Balaban J connectivity index is 2.10. The smallest absolute Gasteiger partial charge is 0.323 e. The molecule has 2 rings (SSSR count). The fourth-order valence-corrected chi connectivity index (χ4v) is 4.38. The highest BCUT2D eigenvalue weighted by atomic mass is 32.2. The van der Waals surface area contributed by atoms with Gasteiger partial charge in [0.25, 0.3) is 0 Å². The number of sulfone groups is 1. The summed E-state index contributed by atoms with van der Waals surface area (Å²) in [5, 5.41) is 8.95. The first kappa shape index (κ1) is 15.1. The van der Waals surface area contributed by atoms with E-state index >= 15 is 0 Å². The predicted molar refractivity (Wildman–Crippen MR) is 72.2 cm³/mol. The largest absolute Gasteiger partial charge is 0.480 e. The molecule has 1 N–H and O–H groups in total. The first-order chi connectivity index (χ1) is 9.30. The summed E-state index contributed by atoms with van der Waals surface area (Å²) in [6.45, 7) is -0.448. The molecule has 0 aromatic carbocycles. The van der Waals surface area contributed by atoms with Crippen molar-refractivity contribution < 1.29 is 23.1 Å². The van der Waals surface area contributed by atoms with E-state index in [0.717, 1.165) is 19.3 Å². The third-order valence-corrected chi connectivity index (χ3v) is 5.87. The van der Waals surface area contributed by atoms with Crippen LogP contribution in [0.2, 0.25) is 0 Å². The van der Waals surface area contributed by atoms with E-state index in [1.54, 1.807) is 11.9 Å². The van der Waals surface area contributed by atoms with Gasteiger partial charge in [0, 0.05) is 19.1 Å². The molecule has 1 atom stereocenters. The maximum absolute atomic E-state index is 12.4. The van der Waals surface area contributed by atoms with Gasteiger partial charge in [0.15, 0.2) is 9.84 Å². The minimum absolute atomic E-state index is 0.0220. The number of urea groups is 1. The molecule has 0 spiro atoms. The van der Waals surface area contributed by atoms with Crippen molar-refractivity contribution >= 4 is 21.8 Å². The Morgan fingerprint density at radius 2 is 1.85 bits per heavy atom. The topological polar surface area (TPSA) is 95.0 Å². The van der Waals surface area contributed by atoms with E-state index < -0.39 is 28.4 Å². The quantitative estimate of drug-likeness (QED) is 0.798. The van der Waals surface area contributed by atoms with Crippen molar-refractivity contribution in [1.82, 2.24) is 9.80 Å². The summed E-state index contributed by atoms with van der Waals surface area (Å²) in [4.78, 5) is 26.1. The summed E-state index contributed by atoms with van der Waals surface area (Å²) in [5.74, 6) is -1.23. The molecule has 2 amide bonds. The molecule has 8 heteroatoms. The van der Waals surface area contributed by atoms with E-state index in [9.17, 15) is 18.0 Å². The van der Waals surface area contributed by atoms with Gasteiger partial charge in [-0.3, -0.25) is 4.79 Å². The van der Waals surface area contributed by atoms with Gasteiger partial charge < -0.3 is 14.9 Å². The number of carbonyl (C=O) groups is 2. The van der Waals surface area contributed by atoms with Crippen LogP contribution in [-0.4, -0.2) is 72.5 Å². The van der Waals surface area contributed by atoms with Crippen molar-refractivity contribution in [2.45, 2.75) is 37.8 Å². The molecule has 2 fully saturated rings. The molecular formula is C12H20N2O5S. The van der Waals surface area contributed by atoms with Crippen molar-refractivity contribution in [3.05, 3.63) is 0 Å². The Kier molecular flexibility index (Phi) is 4.22. The van der Waals surface area contributed by atoms with Gasteiger partial charge in [-0.1, -0.05) is 0 Å². The molecule has 1 unspecified atom stereocenters. The van der Waals surface area contributed by atoms with Crippen LogP contribution in [0.3, 0.4) is 0 Å². The Morgan fingerprint density at radius 1 is 1.20 bits per heavy atom. The third-order valence-electron chi connectivity index (χ3n) is 4.12. The summed E-state index contributed by atoms with van der Waals surface area (Å²) in [5.41, 5.74) is 0. The highest BCUT2D eigenvalue weighted by molar-refractivity contribution is 7.91. The molecular weight excluding hydrogens is 284 g/mol. The molecule has 0 aromatic heterocycles. The maximum Gasteiger partial charge on any atom is 0.323 e.